The van der Waals surface area contributed by atoms with Crippen molar-refractivity contribution in [2.45, 2.75) is 6.92 Å². The van der Waals surface area contributed by atoms with E-state index < -0.39 is 0 Å². The normalized spacial score (nSPS) is 10.1. The number of methoxy groups -OCH3 is 1. The van der Waals surface area contributed by atoms with E-state index in [4.69, 9.17) is 4.74 Å². The predicted octanol–water partition coefficient (Wildman–Crippen LogP) is 1.79. The van der Waals surface area contributed by atoms with E-state index in [1.165, 1.54) is 0 Å². The number of imidazole rings is 1. The minimum atomic E-state index is 0.517. The van der Waals surface area contributed by atoms with Crippen molar-refractivity contribution in [2.24, 2.45) is 0 Å². The number of aromatic amines is 1. The molecule has 1 N–H and O–H groups in total. The fourth-order valence-corrected chi connectivity index (χ4v) is 1.28. The summed E-state index contributed by atoms with van der Waals surface area (Å²) in [5.74, 6) is 0. The van der Waals surface area contributed by atoms with Crippen LogP contribution in [0.4, 0.5) is 0 Å². The average Bonchev–Trinajstić information content (AvgIpc) is 2.61. The van der Waals surface area contributed by atoms with Crippen molar-refractivity contribution in [1.82, 2.24) is 15.0 Å². The van der Waals surface area contributed by atoms with Crippen molar-refractivity contribution < 1.29 is 4.74 Å². The van der Waals surface area contributed by atoms with Gasteiger partial charge in [0.2, 0.25) is 0 Å². The van der Waals surface area contributed by atoms with E-state index in [1.54, 1.807) is 13.3 Å². The zero-order valence-corrected chi connectivity index (χ0v) is 8.11. The Hall–Kier alpha value is -1.84. The Balaban J connectivity index is 2.46. The van der Waals surface area contributed by atoms with Gasteiger partial charge < -0.3 is 9.72 Å². The van der Waals surface area contributed by atoms with E-state index in [9.17, 15) is 0 Å². The van der Waals surface area contributed by atoms with Crippen molar-refractivity contribution in [3.63, 3.8) is 0 Å². The van der Waals surface area contributed by atoms with Crippen LogP contribution in [0.2, 0.25) is 0 Å². The number of H-pyrrole nitrogens is 1. The van der Waals surface area contributed by atoms with Crippen LogP contribution in [-0.4, -0.2) is 22.1 Å². The van der Waals surface area contributed by atoms with Gasteiger partial charge in [-0.05, 0) is 19.1 Å². The molecular weight excluding hydrogens is 178 g/mol. The monoisotopic (exact) mass is 189 g/mol. The fraction of sp³-hybridized carbons (Fsp3) is 0.200. The highest BCUT2D eigenvalue weighted by atomic mass is 16.5. The van der Waals surface area contributed by atoms with Gasteiger partial charge in [-0.2, -0.15) is 4.98 Å². The SMILES string of the molecule is COc1nc(-c2ccccn2)c(C)[nH]1. The number of pyridine rings is 1. The number of ether oxygens (including phenoxy) is 1. The minimum Gasteiger partial charge on any atom is -0.468 e. The second-order valence-corrected chi connectivity index (χ2v) is 2.93. The Bertz CT molecular complexity index is 422. The first-order valence-corrected chi connectivity index (χ1v) is 4.33. The van der Waals surface area contributed by atoms with Crippen LogP contribution in [0.25, 0.3) is 11.4 Å². The van der Waals surface area contributed by atoms with Gasteiger partial charge in [-0.15, -0.1) is 0 Å². The lowest BCUT2D eigenvalue weighted by Crippen LogP contribution is -1.85. The smallest absolute Gasteiger partial charge is 0.294 e. The Morgan fingerprint density at radius 2 is 2.21 bits per heavy atom. The summed E-state index contributed by atoms with van der Waals surface area (Å²) in [7, 11) is 1.58. The van der Waals surface area contributed by atoms with Crippen molar-refractivity contribution in [3.05, 3.63) is 30.1 Å². The van der Waals surface area contributed by atoms with Crippen molar-refractivity contribution in [2.75, 3.05) is 7.11 Å². The van der Waals surface area contributed by atoms with Crippen molar-refractivity contribution >= 4 is 0 Å². The number of rotatable bonds is 2. The standard InChI is InChI=1S/C10H11N3O/c1-7-9(13-10(12-7)14-2)8-5-3-4-6-11-8/h3-6H,1-2H3,(H,12,13). The molecule has 2 rings (SSSR count). The third-order valence-corrected chi connectivity index (χ3v) is 1.96. The number of hydrogen-bond donors (Lipinski definition) is 1. The molecule has 0 aromatic carbocycles. The molecule has 0 unspecified atom stereocenters. The number of aryl methyl sites for hydroxylation is 1. The highest BCUT2D eigenvalue weighted by Crippen LogP contribution is 2.20. The molecule has 0 aliphatic carbocycles. The van der Waals surface area contributed by atoms with Gasteiger partial charge in [-0.1, -0.05) is 6.07 Å². The number of aromatic nitrogens is 3. The van der Waals surface area contributed by atoms with Crippen molar-refractivity contribution in [1.29, 1.82) is 0 Å². The van der Waals surface area contributed by atoms with E-state index in [0.29, 0.717) is 6.01 Å². The van der Waals surface area contributed by atoms with E-state index >= 15 is 0 Å². The maximum atomic E-state index is 5.00. The molecule has 0 bridgehead atoms. The molecule has 0 saturated heterocycles. The first kappa shape index (κ1) is 8.74. The molecule has 0 fully saturated rings. The lowest BCUT2D eigenvalue weighted by Gasteiger charge is -1.94. The summed E-state index contributed by atoms with van der Waals surface area (Å²) in [6.45, 7) is 1.94. The maximum absolute atomic E-state index is 5.00. The van der Waals surface area contributed by atoms with Gasteiger partial charge >= 0.3 is 0 Å². The Morgan fingerprint density at radius 3 is 2.79 bits per heavy atom. The zero-order chi connectivity index (χ0) is 9.97. The van der Waals surface area contributed by atoms with E-state index in [0.717, 1.165) is 17.1 Å². The van der Waals surface area contributed by atoms with Crippen LogP contribution in [-0.2, 0) is 0 Å². The second-order valence-electron chi connectivity index (χ2n) is 2.93. The molecule has 0 aliphatic rings. The van der Waals surface area contributed by atoms with Crippen LogP contribution in [0.5, 0.6) is 6.01 Å². The second kappa shape index (κ2) is 3.49. The zero-order valence-electron chi connectivity index (χ0n) is 8.11. The largest absolute Gasteiger partial charge is 0.468 e. The van der Waals surface area contributed by atoms with Gasteiger partial charge in [0.25, 0.3) is 6.01 Å². The van der Waals surface area contributed by atoms with Crippen LogP contribution >= 0.6 is 0 Å². The topological polar surface area (TPSA) is 50.8 Å². The van der Waals surface area contributed by atoms with Crippen molar-refractivity contribution in [3.8, 4) is 17.4 Å². The molecule has 14 heavy (non-hydrogen) atoms. The highest BCUT2D eigenvalue weighted by molar-refractivity contribution is 5.57. The van der Waals surface area contributed by atoms with Gasteiger partial charge in [0, 0.05) is 11.9 Å². The summed E-state index contributed by atoms with van der Waals surface area (Å²) in [5.41, 5.74) is 2.65. The molecule has 4 heteroatoms. The molecule has 2 aromatic rings. The first-order chi connectivity index (χ1) is 6.81. The van der Waals surface area contributed by atoms with Crippen LogP contribution in [0.1, 0.15) is 5.69 Å². The highest BCUT2D eigenvalue weighted by Gasteiger charge is 2.09. The summed E-state index contributed by atoms with van der Waals surface area (Å²) in [5, 5.41) is 0. The number of nitrogens with one attached hydrogen (secondary N) is 1. The van der Waals surface area contributed by atoms with E-state index in [1.807, 2.05) is 25.1 Å². The predicted molar refractivity (Wildman–Crippen MR) is 53.1 cm³/mol. The Kier molecular flexibility index (Phi) is 2.18. The molecule has 2 heterocycles. The third kappa shape index (κ3) is 1.46. The third-order valence-electron chi connectivity index (χ3n) is 1.96. The van der Waals surface area contributed by atoms with Crippen LogP contribution in [0.15, 0.2) is 24.4 Å². The quantitative estimate of drug-likeness (QED) is 0.783. The van der Waals surface area contributed by atoms with Gasteiger partial charge in [0.1, 0.15) is 5.69 Å². The molecule has 72 valence electrons. The first-order valence-electron chi connectivity index (χ1n) is 4.33. The van der Waals surface area contributed by atoms with Gasteiger partial charge in [-0.3, -0.25) is 4.98 Å². The van der Waals surface area contributed by atoms with E-state index in [2.05, 4.69) is 15.0 Å². The van der Waals surface area contributed by atoms with Gasteiger partial charge in [0.15, 0.2) is 0 Å². The Morgan fingerprint density at radius 1 is 1.36 bits per heavy atom. The molecular formula is C10H11N3O. The molecule has 0 saturated carbocycles. The van der Waals surface area contributed by atoms with Crippen LogP contribution < -0.4 is 4.74 Å². The van der Waals surface area contributed by atoms with Crippen LogP contribution in [0, 0.1) is 6.92 Å². The molecule has 0 atom stereocenters. The Labute approximate surface area is 82.0 Å². The molecule has 4 nitrogen and oxygen atoms in total. The summed E-state index contributed by atoms with van der Waals surface area (Å²) >= 11 is 0. The lowest BCUT2D eigenvalue weighted by atomic mass is 10.2. The van der Waals surface area contributed by atoms with Crippen LogP contribution in [0.3, 0.4) is 0 Å². The minimum absolute atomic E-state index is 0.517. The maximum Gasteiger partial charge on any atom is 0.294 e. The molecule has 0 spiro atoms. The van der Waals surface area contributed by atoms with E-state index in [-0.39, 0.29) is 0 Å². The number of nitrogens with zero attached hydrogens (tertiary/aromatic N) is 2. The summed E-state index contributed by atoms with van der Waals surface area (Å²) in [4.78, 5) is 11.5. The van der Waals surface area contributed by atoms with Gasteiger partial charge in [-0.25, -0.2) is 0 Å². The fourth-order valence-electron chi connectivity index (χ4n) is 1.28. The molecule has 0 radical (unpaired) electrons. The molecule has 0 amide bonds. The average molecular weight is 189 g/mol. The summed E-state index contributed by atoms with van der Waals surface area (Å²) < 4.78 is 5.00. The summed E-state index contributed by atoms with van der Waals surface area (Å²) in [6.07, 6.45) is 1.75. The lowest BCUT2D eigenvalue weighted by molar-refractivity contribution is 0.384. The number of hydrogen-bond acceptors (Lipinski definition) is 3. The molecule has 0 aliphatic heterocycles. The van der Waals surface area contributed by atoms with Gasteiger partial charge in [0.05, 0.1) is 12.8 Å². The summed E-state index contributed by atoms with van der Waals surface area (Å²) in [6, 6.07) is 6.25. The molecule has 2 aromatic heterocycles.